The third kappa shape index (κ3) is 3.98. The van der Waals surface area contributed by atoms with Crippen LogP contribution in [-0.2, 0) is 15.1 Å². The van der Waals surface area contributed by atoms with Crippen molar-refractivity contribution in [3.63, 3.8) is 0 Å². The van der Waals surface area contributed by atoms with Crippen molar-refractivity contribution in [2.75, 3.05) is 7.11 Å². The van der Waals surface area contributed by atoms with Crippen LogP contribution in [0.15, 0.2) is 66.7 Å². The number of alkyl halides is 3. The van der Waals surface area contributed by atoms with Crippen LogP contribution in [0, 0.1) is 0 Å². The molecule has 0 heterocycles. The molecule has 0 saturated carbocycles. The van der Waals surface area contributed by atoms with Crippen LogP contribution in [0.4, 0.5) is 13.2 Å². The number of benzene rings is 3. The molecule has 3 nitrogen and oxygen atoms in total. The number of esters is 1. The van der Waals surface area contributed by atoms with E-state index >= 15 is 0 Å². The number of carbonyl (C=O) groups is 1. The number of rotatable bonds is 5. The van der Waals surface area contributed by atoms with E-state index in [2.05, 4.69) is 4.74 Å². The monoisotopic (exact) mass is 402 g/mol. The Morgan fingerprint density at radius 2 is 1.55 bits per heavy atom. The first-order valence-electron chi connectivity index (χ1n) is 9.08. The molecule has 0 N–H and O–H groups in total. The molecule has 0 amide bonds. The number of hydrogen-bond acceptors (Lipinski definition) is 3. The molecule has 152 valence electrons. The quantitative estimate of drug-likeness (QED) is 0.478. The Hall–Kier alpha value is -2.86. The van der Waals surface area contributed by atoms with Gasteiger partial charge in [0.2, 0.25) is 0 Å². The van der Waals surface area contributed by atoms with Gasteiger partial charge in [0.1, 0.15) is 0 Å². The van der Waals surface area contributed by atoms with E-state index < -0.39 is 23.9 Å². The van der Waals surface area contributed by atoms with Gasteiger partial charge in [0.25, 0.3) is 0 Å². The smallest absolute Gasteiger partial charge is 0.421 e. The second-order valence-corrected chi connectivity index (χ2v) is 6.93. The van der Waals surface area contributed by atoms with E-state index in [1.807, 2.05) is 30.3 Å². The van der Waals surface area contributed by atoms with E-state index in [1.54, 1.807) is 19.1 Å². The highest BCUT2D eigenvalue weighted by atomic mass is 19.4. The number of carbonyl (C=O) groups excluding carboxylic acids is 1. The molecule has 0 fully saturated rings. The van der Waals surface area contributed by atoms with E-state index in [4.69, 9.17) is 4.74 Å². The Kier molecular flexibility index (Phi) is 5.66. The number of fused-ring (bicyclic) bond motifs is 1. The van der Waals surface area contributed by atoms with Crippen molar-refractivity contribution < 1.29 is 27.4 Å². The number of ether oxygens (including phenoxy) is 2. The fraction of sp³-hybridized carbons (Fsp3) is 0.261. The van der Waals surface area contributed by atoms with E-state index in [1.165, 1.54) is 31.4 Å². The fourth-order valence-electron chi connectivity index (χ4n) is 3.36. The summed E-state index contributed by atoms with van der Waals surface area (Å²) in [5.74, 6) is -0.615. The lowest BCUT2D eigenvalue weighted by molar-refractivity contribution is -0.290. The first-order valence-corrected chi connectivity index (χ1v) is 9.08. The highest BCUT2D eigenvalue weighted by molar-refractivity contribution is 5.89. The van der Waals surface area contributed by atoms with Gasteiger partial charge in [-0.05, 0) is 47.9 Å². The second-order valence-electron chi connectivity index (χ2n) is 6.93. The number of halogens is 3. The summed E-state index contributed by atoms with van der Waals surface area (Å²) in [4.78, 5) is 11.6. The van der Waals surface area contributed by atoms with E-state index in [0.29, 0.717) is 5.56 Å². The molecule has 3 aromatic rings. The van der Waals surface area contributed by atoms with Gasteiger partial charge in [0.15, 0.2) is 5.60 Å². The van der Waals surface area contributed by atoms with Crippen LogP contribution < -0.4 is 0 Å². The minimum Gasteiger partial charge on any atom is -0.465 e. The molecular weight excluding hydrogens is 381 g/mol. The Morgan fingerprint density at radius 3 is 2.17 bits per heavy atom. The van der Waals surface area contributed by atoms with Crippen molar-refractivity contribution in [3.8, 4) is 0 Å². The lowest BCUT2D eigenvalue weighted by atomic mass is 9.93. The number of hydrogen-bond donors (Lipinski definition) is 0. The van der Waals surface area contributed by atoms with Crippen molar-refractivity contribution in [2.24, 2.45) is 0 Å². The Bertz CT molecular complexity index is 1010. The summed E-state index contributed by atoms with van der Waals surface area (Å²) < 4.78 is 52.5. The summed E-state index contributed by atoms with van der Waals surface area (Å²) in [6, 6.07) is 18.0. The topological polar surface area (TPSA) is 35.5 Å². The van der Waals surface area contributed by atoms with Crippen LogP contribution in [-0.4, -0.2) is 19.3 Å². The molecule has 0 unspecified atom stereocenters. The maximum Gasteiger partial charge on any atom is 0.421 e. The van der Waals surface area contributed by atoms with Crippen LogP contribution in [0.5, 0.6) is 0 Å². The average Bonchev–Trinajstić information content (AvgIpc) is 2.71. The molecule has 0 aromatic heterocycles. The van der Waals surface area contributed by atoms with Crippen LogP contribution in [0.3, 0.4) is 0 Å². The van der Waals surface area contributed by atoms with Gasteiger partial charge in [-0.2, -0.15) is 13.2 Å². The standard InChI is InChI=1S/C23H21F3O3/c1-15(19-10-6-8-16-7-4-5-9-20(16)19)29-22(2,23(24,25)26)18-13-11-17(12-14-18)21(27)28-3/h4-15H,1-3H3/t15-,22-/m0/s1. The third-order valence-corrected chi connectivity index (χ3v) is 5.07. The van der Waals surface area contributed by atoms with Gasteiger partial charge in [-0.1, -0.05) is 54.6 Å². The molecule has 0 radical (unpaired) electrons. The fourth-order valence-corrected chi connectivity index (χ4v) is 3.36. The lowest BCUT2D eigenvalue weighted by Gasteiger charge is -2.35. The summed E-state index contributed by atoms with van der Waals surface area (Å²) >= 11 is 0. The zero-order chi connectivity index (χ0) is 21.2. The zero-order valence-electron chi connectivity index (χ0n) is 16.3. The Labute approximate surface area is 167 Å². The first kappa shape index (κ1) is 20.9. The van der Waals surface area contributed by atoms with Crippen molar-refractivity contribution in [2.45, 2.75) is 31.7 Å². The molecule has 29 heavy (non-hydrogen) atoms. The number of methoxy groups -OCH3 is 1. The summed E-state index contributed by atoms with van der Waals surface area (Å²) in [5, 5.41) is 1.77. The van der Waals surface area contributed by atoms with Gasteiger partial charge in [-0.15, -0.1) is 0 Å². The summed E-state index contributed by atoms with van der Waals surface area (Å²) in [5.41, 5.74) is -1.81. The van der Waals surface area contributed by atoms with E-state index in [-0.39, 0.29) is 11.1 Å². The molecule has 0 saturated heterocycles. The molecule has 0 aliphatic heterocycles. The average molecular weight is 402 g/mol. The predicted molar refractivity (Wildman–Crippen MR) is 105 cm³/mol. The Morgan fingerprint density at radius 1 is 0.931 bits per heavy atom. The molecule has 2 atom stereocenters. The Balaban J connectivity index is 2.00. The molecule has 0 spiro atoms. The molecule has 0 aliphatic rings. The highest BCUT2D eigenvalue weighted by Gasteiger charge is 2.54. The van der Waals surface area contributed by atoms with Gasteiger partial charge < -0.3 is 9.47 Å². The van der Waals surface area contributed by atoms with E-state index in [0.717, 1.165) is 17.7 Å². The summed E-state index contributed by atoms with van der Waals surface area (Å²) in [6.45, 7) is 2.61. The maximum absolute atomic E-state index is 14.1. The van der Waals surface area contributed by atoms with Crippen molar-refractivity contribution in [1.82, 2.24) is 0 Å². The van der Waals surface area contributed by atoms with E-state index in [9.17, 15) is 18.0 Å². The molecule has 0 aliphatic carbocycles. The van der Waals surface area contributed by atoms with Crippen LogP contribution in [0.2, 0.25) is 0 Å². The van der Waals surface area contributed by atoms with Crippen molar-refractivity contribution in [3.05, 3.63) is 83.4 Å². The minimum absolute atomic E-state index is 0.0928. The van der Waals surface area contributed by atoms with Crippen molar-refractivity contribution >= 4 is 16.7 Å². The van der Waals surface area contributed by atoms with Gasteiger partial charge in [-0.3, -0.25) is 0 Å². The van der Waals surface area contributed by atoms with Crippen LogP contribution >= 0.6 is 0 Å². The molecule has 3 aromatic carbocycles. The minimum atomic E-state index is -4.67. The molecule has 0 bridgehead atoms. The summed E-state index contributed by atoms with van der Waals surface area (Å²) in [6.07, 6.45) is -5.49. The summed E-state index contributed by atoms with van der Waals surface area (Å²) in [7, 11) is 1.21. The molecular formula is C23H21F3O3. The first-order chi connectivity index (χ1) is 13.7. The van der Waals surface area contributed by atoms with Gasteiger partial charge >= 0.3 is 12.1 Å². The largest absolute Gasteiger partial charge is 0.465 e. The third-order valence-electron chi connectivity index (χ3n) is 5.07. The maximum atomic E-state index is 14.1. The SMILES string of the molecule is COC(=O)c1ccc([C@](C)(O[C@@H](C)c2cccc3ccccc23)C(F)(F)F)cc1. The van der Waals surface area contributed by atoms with Crippen LogP contribution in [0.25, 0.3) is 10.8 Å². The zero-order valence-corrected chi connectivity index (χ0v) is 16.3. The van der Waals surface area contributed by atoms with Crippen LogP contribution in [0.1, 0.15) is 41.4 Å². The van der Waals surface area contributed by atoms with Gasteiger partial charge in [0.05, 0.1) is 18.8 Å². The lowest BCUT2D eigenvalue weighted by Crippen LogP contribution is -2.42. The molecule has 6 heteroatoms. The van der Waals surface area contributed by atoms with Gasteiger partial charge in [-0.25, -0.2) is 4.79 Å². The molecule has 3 rings (SSSR count). The second kappa shape index (κ2) is 7.87. The predicted octanol–water partition coefficient (Wildman–Crippen LogP) is 6.18. The van der Waals surface area contributed by atoms with Gasteiger partial charge in [0, 0.05) is 0 Å². The normalized spacial score (nSPS) is 15.0. The highest BCUT2D eigenvalue weighted by Crippen LogP contribution is 2.45. The van der Waals surface area contributed by atoms with Crippen molar-refractivity contribution in [1.29, 1.82) is 0 Å².